The standard InChI is InChI=1S/C8H10FN.CH3F/c1-6-2-3-8(9)4-7(6)5-10;1-2/h2-4H,5,10H2,1H3;1H3. The van der Waals surface area contributed by atoms with E-state index in [1.54, 1.807) is 6.07 Å². The van der Waals surface area contributed by atoms with Gasteiger partial charge in [0.05, 0.1) is 7.18 Å². The summed E-state index contributed by atoms with van der Waals surface area (Å²) in [6.45, 7) is 2.32. The molecule has 0 bridgehead atoms. The summed E-state index contributed by atoms with van der Waals surface area (Å²) in [5.74, 6) is -0.217. The predicted molar refractivity (Wildman–Crippen MR) is 46.1 cm³/mol. The van der Waals surface area contributed by atoms with E-state index in [0.29, 0.717) is 13.7 Å². The summed E-state index contributed by atoms with van der Waals surface area (Å²) in [5, 5.41) is 0. The van der Waals surface area contributed by atoms with Gasteiger partial charge in [0.2, 0.25) is 0 Å². The molecule has 2 N–H and O–H groups in total. The Morgan fingerprint density at radius 2 is 1.92 bits per heavy atom. The third-order valence-electron chi connectivity index (χ3n) is 1.53. The van der Waals surface area contributed by atoms with Gasteiger partial charge in [-0.25, -0.2) is 4.39 Å². The zero-order valence-corrected chi connectivity index (χ0v) is 7.27. The topological polar surface area (TPSA) is 26.0 Å². The van der Waals surface area contributed by atoms with Gasteiger partial charge < -0.3 is 5.73 Å². The molecule has 0 radical (unpaired) electrons. The molecule has 3 heteroatoms. The van der Waals surface area contributed by atoms with E-state index in [4.69, 9.17) is 5.73 Å². The molecule has 12 heavy (non-hydrogen) atoms. The van der Waals surface area contributed by atoms with Crippen LogP contribution in [0.2, 0.25) is 0 Å². The molecule has 0 spiro atoms. The van der Waals surface area contributed by atoms with Crippen LogP contribution in [0.4, 0.5) is 8.78 Å². The van der Waals surface area contributed by atoms with E-state index in [1.807, 2.05) is 6.92 Å². The second-order valence-electron chi connectivity index (χ2n) is 2.27. The number of rotatable bonds is 1. The first kappa shape index (κ1) is 11.0. The third-order valence-corrected chi connectivity index (χ3v) is 1.53. The van der Waals surface area contributed by atoms with Crippen molar-refractivity contribution >= 4 is 0 Å². The number of alkyl halides is 1. The summed E-state index contributed by atoms with van der Waals surface area (Å²) in [6.07, 6.45) is 0. The highest BCUT2D eigenvalue weighted by molar-refractivity contribution is 5.25. The van der Waals surface area contributed by atoms with E-state index in [-0.39, 0.29) is 5.82 Å². The van der Waals surface area contributed by atoms with Crippen molar-refractivity contribution in [1.29, 1.82) is 0 Å². The molecule has 1 aromatic rings. The monoisotopic (exact) mass is 173 g/mol. The largest absolute Gasteiger partial charge is 0.326 e. The highest BCUT2D eigenvalue weighted by Gasteiger charge is 1.95. The van der Waals surface area contributed by atoms with Crippen molar-refractivity contribution in [1.82, 2.24) is 0 Å². The molecular formula is C9H13F2N. The van der Waals surface area contributed by atoms with Crippen molar-refractivity contribution < 1.29 is 8.78 Å². The quantitative estimate of drug-likeness (QED) is 0.692. The molecule has 0 saturated carbocycles. The van der Waals surface area contributed by atoms with Crippen molar-refractivity contribution in [3.63, 3.8) is 0 Å². The highest BCUT2D eigenvalue weighted by atomic mass is 19.1. The molecule has 0 atom stereocenters. The highest BCUT2D eigenvalue weighted by Crippen LogP contribution is 2.08. The molecule has 0 aliphatic heterocycles. The molecule has 1 rings (SSSR count). The van der Waals surface area contributed by atoms with Gasteiger partial charge in [0.25, 0.3) is 0 Å². The van der Waals surface area contributed by atoms with Crippen molar-refractivity contribution in [2.75, 3.05) is 7.18 Å². The van der Waals surface area contributed by atoms with E-state index in [0.717, 1.165) is 11.1 Å². The second kappa shape index (κ2) is 5.66. The fourth-order valence-corrected chi connectivity index (χ4v) is 0.860. The molecule has 0 aromatic heterocycles. The van der Waals surface area contributed by atoms with Crippen LogP contribution >= 0.6 is 0 Å². The minimum Gasteiger partial charge on any atom is -0.326 e. The lowest BCUT2D eigenvalue weighted by Crippen LogP contribution is -1.99. The lowest BCUT2D eigenvalue weighted by atomic mass is 10.1. The van der Waals surface area contributed by atoms with E-state index in [2.05, 4.69) is 0 Å². The van der Waals surface area contributed by atoms with Crippen LogP contribution in [0.1, 0.15) is 11.1 Å². The van der Waals surface area contributed by atoms with E-state index >= 15 is 0 Å². The van der Waals surface area contributed by atoms with Gasteiger partial charge in [0.1, 0.15) is 5.82 Å². The van der Waals surface area contributed by atoms with E-state index in [1.165, 1.54) is 12.1 Å². The van der Waals surface area contributed by atoms with Gasteiger partial charge in [-0.15, -0.1) is 0 Å². The van der Waals surface area contributed by atoms with Crippen LogP contribution in [0.3, 0.4) is 0 Å². The Morgan fingerprint density at radius 3 is 2.33 bits per heavy atom. The first-order valence-electron chi connectivity index (χ1n) is 3.57. The summed E-state index contributed by atoms with van der Waals surface area (Å²) >= 11 is 0. The van der Waals surface area contributed by atoms with Crippen LogP contribution in [0.25, 0.3) is 0 Å². The van der Waals surface area contributed by atoms with Crippen molar-refractivity contribution in [3.05, 3.63) is 35.1 Å². The van der Waals surface area contributed by atoms with Crippen molar-refractivity contribution in [3.8, 4) is 0 Å². The first-order valence-corrected chi connectivity index (χ1v) is 3.57. The maximum atomic E-state index is 12.5. The minimum absolute atomic E-state index is 0.217. The SMILES string of the molecule is CF.Cc1ccc(F)cc1CN. The Labute approximate surface area is 71.2 Å². The normalized spacial score (nSPS) is 8.75. The number of nitrogens with two attached hydrogens (primary N) is 1. The summed E-state index contributed by atoms with van der Waals surface area (Å²) < 4.78 is 22.0. The summed E-state index contributed by atoms with van der Waals surface area (Å²) in [7, 11) is 0.500. The molecule has 1 aromatic carbocycles. The van der Waals surface area contributed by atoms with Crippen LogP contribution in [0.5, 0.6) is 0 Å². The van der Waals surface area contributed by atoms with Gasteiger partial charge in [-0.3, -0.25) is 4.39 Å². The van der Waals surface area contributed by atoms with E-state index < -0.39 is 0 Å². The molecule has 0 aliphatic carbocycles. The summed E-state index contributed by atoms with van der Waals surface area (Å²) in [4.78, 5) is 0. The zero-order valence-electron chi connectivity index (χ0n) is 7.27. The van der Waals surface area contributed by atoms with Gasteiger partial charge in [0.15, 0.2) is 0 Å². The van der Waals surface area contributed by atoms with Crippen LogP contribution in [0, 0.1) is 12.7 Å². The third kappa shape index (κ3) is 2.96. The van der Waals surface area contributed by atoms with Gasteiger partial charge in [-0.1, -0.05) is 6.07 Å². The molecule has 0 saturated heterocycles. The Kier molecular flexibility index (Phi) is 5.21. The van der Waals surface area contributed by atoms with Gasteiger partial charge >= 0.3 is 0 Å². The van der Waals surface area contributed by atoms with E-state index in [9.17, 15) is 8.78 Å². The number of hydrogen-bond donors (Lipinski definition) is 1. The first-order chi connectivity index (χ1) is 5.74. The Morgan fingerprint density at radius 1 is 1.33 bits per heavy atom. The van der Waals surface area contributed by atoms with Crippen molar-refractivity contribution in [2.45, 2.75) is 13.5 Å². The maximum absolute atomic E-state index is 12.5. The molecule has 1 nitrogen and oxygen atoms in total. The van der Waals surface area contributed by atoms with Crippen LogP contribution < -0.4 is 5.73 Å². The second-order valence-corrected chi connectivity index (χ2v) is 2.27. The molecule has 0 fully saturated rings. The maximum Gasteiger partial charge on any atom is 0.123 e. The van der Waals surface area contributed by atoms with Crippen LogP contribution in [-0.4, -0.2) is 7.18 Å². The minimum atomic E-state index is -0.217. The molecule has 0 aliphatic rings. The average molecular weight is 173 g/mol. The number of aryl methyl sites for hydroxylation is 1. The summed E-state index contributed by atoms with van der Waals surface area (Å²) in [5.41, 5.74) is 7.27. The fraction of sp³-hybridized carbons (Fsp3) is 0.333. The number of halogens is 2. The lowest BCUT2D eigenvalue weighted by molar-refractivity contribution is 0.625. The van der Waals surface area contributed by atoms with Crippen LogP contribution in [-0.2, 0) is 6.54 Å². The van der Waals surface area contributed by atoms with Gasteiger partial charge in [-0.2, -0.15) is 0 Å². The molecular weight excluding hydrogens is 160 g/mol. The molecule has 0 unspecified atom stereocenters. The number of benzene rings is 1. The zero-order chi connectivity index (χ0) is 9.56. The fourth-order valence-electron chi connectivity index (χ4n) is 0.860. The summed E-state index contributed by atoms with van der Waals surface area (Å²) in [6, 6.07) is 4.64. The van der Waals surface area contributed by atoms with Crippen molar-refractivity contribution in [2.24, 2.45) is 5.73 Å². The van der Waals surface area contributed by atoms with Gasteiger partial charge in [-0.05, 0) is 30.2 Å². The molecule has 0 amide bonds. The Hall–Kier alpha value is -0.960. The molecule has 0 heterocycles. The molecule has 68 valence electrons. The lowest BCUT2D eigenvalue weighted by Gasteiger charge is -2.00. The number of hydrogen-bond acceptors (Lipinski definition) is 1. The smallest absolute Gasteiger partial charge is 0.123 e. The van der Waals surface area contributed by atoms with Gasteiger partial charge in [0, 0.05) is 6.54 Å². The predicted octanol–water partition coefficient (Wildman–Crippen LogP) is 2.18. The average Bonchev–Trinajstić information content (AvgIpc) is 2.13. The Balaban J connectivity index is 0.000000561. The van der Waals surface area contributed by atoms with Crippen LogP contribution in [0.15, 0.2) is 18.2 Å². The Bertz CT molecular complexity index is 236.